The van der Waals surface area contributed by atoms with Gasteiger partial charge in [-0.05, 0) is 46.2 Å². The minimum Gasteiger partial charge on any atom is -0.313 e. The number of nitrogens with one attached hydrogen (secondary N) is 1. The van der Waals surface area contributed by atoms with Crippen molar-refractivity contribution in [3.8, 4) is 0 Å². The Morgan fingerprint density at radius 1 is 1.42 bits per heavy atom. The van der Waals surface area contributed by atoms with E-state index in [1.807, 2.05) is 0 Å². The summed E-state index contributed by atoms with van der Waals surface area (Å²) in [6, 6.07) is 0.988. The lowest BCUT2D eigenvalue weighted by atomic mass is 10.1. The lowest BCUT2D eigenvalue weighted by Gasteiger charge is -2.31. The van der Waals surface area contributed by atoms with Gasteiger partial charge in [0.25, 0.3) is 0 Å². The molecule has 0 bridgehead atoms. The van der Waals surface area contributed by atoms with Gasteiger partial charge in [-0.1, -0.05) is 6.92 Å². The van der Waals surface area contributed by atoms with E-state index in [0.29, 0.717) is 12.1 Å². The van der Waals surface area contributed by atoms with Gasteiger partial charge in [-0.3, -0.25) is 14.9 Å². The average molecular weight is 262 g/mol. The molecule has 0 aromatic carbocycles. The fourth-order valence-corrected chi connectivity index (χ4v) is 2.93. The van der Waals surface area contributed by atoms with E-state index in [9.17, 15) is 0 Å². The summed E-state index contributed by atoms with van der Waals surface area (Å²) in [4.78, 5) is 11.4. The molecule has 4 nitrogen and oxygen atoms in total. The molecule has 1 aromatic heterocycles. The second-order valence-electron chi connectivity index (χ2n) is 5.49. The van der Waals surface area contributed by atoms with Gasteiger partial charge in [0, 0.05) is 25.0 Å². The van der Waals surface area contributed by atoms with E-state index in [-0.39, 0.29) is 0 Å². The van der Waals surface area contributed by atoms with Gasteiger partial charge in [0.2, 0.25) is 0 Å². The lowest BCUT2D eigenvalue weighted by Crippen LogP contribution is -2.39. The van der Waals surface area contributed by atoms with Crippen molar-refractivity contribution in [1.29, 1.82) is 0 Å². The molecule has 0 spiro atoms. The van der Waals surface area contributed by atoms with Crippen LogP contribution in [-0.2, 0) is 0 Å². The predicted octanol–water partition coefficient (Wildman–Crippen LogP) is 2.31. The van der Waals surface area contributed by atoms with Gasteiger partial charge in [0.05, 0.1) is 17.4 Å². The first kappa shape index (κ1) is 14.4. The van der Waals surface area contributed by atoms with Crippen LogP contribution in [0.2, 0.25) is 0 Å². The third-order valence-corrected chi connectivity index (χ3v) is 3.99. The van der Waals surface area contributed by atoms with Crippen molar-refractivity contribution in [3.63, 3.8) is 0 Å². The Labute approximate surface area is 116 Å². The predicted molar refractivity (Wildman–Crippen MR) is 78.1 cm³/mol. The minimum atomic E-state index is 0.344. The molecule has 1 fully saturated rings. The third kappa shape index (κ3) is 3.74. The van der Waals surface area contributed by atoms with Gasteiger partial charge in [-0.2, -0.15) is 0 Å². The standard InChI is InChI=1S/C15H26N4/c1-4-10-19(11-14-6-5-7-17-14)13(3)15-12(2)16-8-9-18-15/h8-9,13-14,17H,4-7,10-11H2,1-3H3. The van der Waals surface area contributed by atoms with Crippen molar-refractivity contribution < 1.29 is 0 Å². The van der Waals surface area contributed by atoms with Crippen molar-refractivity contribution in [2.45, 2.75) is 52.1 Å². The van der Waals surface area contributed by atoms with Crippen LogP contribution in [0.4, 0.5) is 0 Å². The quantitative estimate of drug-likeness (QED) is 0.854. The van der Waals surface area contributed by atoms with Crippen LogP contribution in [0.15, 0.2) is 12.4 Å². The first-order chi connectivity index (χ1) is 9.22. The van der Waals surface area contributed by atoms with Crippen molar-refractivity contribution in [2.75, 3.05) is 19.6 Å². The summed E-state index contributed by atoms with van der Waals surface area (Å²) in [7, 11) is 0. The van der Waals surface area contributed by atoms with Gasteiger partial charge in [0.15, 0.2) is 0 Å². The molecule has 1 saturated heterocycles. The second-order valence-corrected chi connectivity index (χ2v) is 5.49. The molecule has 0 amide bonds. The number of hydrogen-bond acceptors (Lipinski definition) is 4. The maximum atomic E-state index is 4.53. The van der Waals surface area contributed by atoms with Gasteiger partial charge in [-0.25, -0.2) is 0 Å². The fourth-order valence-electron chi connectivity index (χ4n) is 2.93. The third-order valence-electron chi connectivity index (χ3n) is 3.99. The molecular weight excluding hydrogens is 236 g/mol. The van der Waals surface area contributed by atoms with Crippen LogP contribution in [0, 0.1) is 6.92 Å². The molecular formula is C15H26N4. The summed E-state index contributed by atoms with van der Waals surface area (Å²) < 4.78 is 0. The van der Waals surface area contributed by atoms with Crippen molar-refractivity contribution >= 4 is 0 Å². The van der Waals surface area contributed by atoms with E-state index in [0.717, 1.165) is 24.5 Å². The maximum Gasteiger partial charge on any atom is 0.0784 e. The summed E-state index contributed by atoms with van der Waals surface area (Å²) in [6.45, 7) is 9.95. The number of nitrogens with zero attached hydrogens (tertiary/aromatic N) is 3. The van der Waals surface area contributed by atoms with E-state index >= 15 is 0 Å². The molecule has 2 unspecified atom stereocenters. The summed E-state index contributed by atoms with van der Waals surface area (Å²) >= 11 is 0. The Morgan fingerprint density at radius 3 is 2.84 bits per heavy atom. The molecule has 106 valence electrons. The van der Waals surface area contributed by atoms with Crippen molar-refractivity contribution in [1.82, 2.24) is 20.2 Å². The molecule has 0 aliphatic carbocycles. The fraction of sp³-hybridized carbons (Fsp3) is 0.733. The van der Waals surface area contributed by atoms with Gasteiger partial charge < -0.3 is 5.32 Å². The molecule has 2 atom stereocenters. The van der Waals surface area contributed by atoms with Crippen LogP contribution in [0.3, 0.4) is 0 Å². The topological polar surface area (TPSA) is 41.0 Å². The minimum absolute atomic E-state index is 0.344. The van der Waals surface area contributed by atoms with Crippen LogP contribution in [-0.4, -0.2) is 40.5 Å². The van der Waals surface area contributed by atoms with Gasteiger partial charge in [0.1, 0.15) is 0 Å². The van der Waals surface area contributed by atoms with E-state index in [1.54, 1.807) is 12.4 Å². The van der Waals surface area contributed by atoms with Crippen LogP contribution in [0.5, 0.6) is 0 Å². The molecule has 1 aliphatic rings. The Bertz CT molecular complexity index is 387. The monoisotopic (exact) mass is 262 g/mol. The summed E-state index contributed by atoms with van der Waals surface area (Å²) in [6.07, 6.45) is 7.36. The molecule has 0 saturated carbocycles. The van der Waals surface area contributed by atoms with E-state index in [1.165, 1.54) is 25.8 Å². The maximum absolute atomic E-state index is 4.53. The Hall–Kier alpha value is -1.00. The number of aryl methyl sites for hydroxylation is 1. The zero-order valence-electron chi connectivity index (χ0n) is 12.4. The average Bonchev–Trinajstić information content (AvgIpc) is 2.91. The highest BCUT2D eigenvalue weighted by atomic mass is 15.2. The number of rotatable bonds is 6. The Kier molecular flexibility index (Phi) is 5.28. The Balaban J connectivity index is 2.06. The molecule has 0 radical (unpaired) electrons. The molecule has 2 heterocycles. The van der Waals surface area contributed by atoms with Crippen LogP contribution in [0.1, 0.15) is 50.5 Å². The van der Waals surface area contributed by atoms with Crippen molar-refractivity contribution in [3.05, 3.63) is 23.8 Å². The Morgan fingerprint density at radius 2 is 2.21 bits per heavy atom. The number of hydrogen-bond donors (Lipinski definition) is 1. The SMILES string of the molecule is CCCN(CC1CCCN1)C(C)c1nccnc1C. The lowest BCUT2D eigenvalue weighted by molar-refractivity contribution is 0.188. The first-order valence-electron chi connectivity index (χ1n) is 7.47. The highest BCUT2D eigenvalue weighted by Gasteiger charge is 2.23. The van der Waals surface area contributed by atoms with Crippen LogP contribution >= 0.6 is 0 Å². The van der Waals surface area contributed by atoms with E-state index < -0.39 is 0 Å². The number of aromatic nitrogens is 2. The molecule has 4 heteroatoms. The smallest absolute Gasteiger partial charge is 0.0784 e. The van der Waals surface area contributed by atoms with Gasteiger partial charge in [-0.15, -0.1) is 0 Å². The first-order valence-corrected chi connectivity index (χ1v) is 7.47. The van der Waals surface area contributed by atoms with E-state index in [4.69, 9.17) is 0 Å². The highest BCUT2D eigenvalue weighted by Crippen LogP contribution is 2.21. The summed E-state index contributed by atoms with van der Waals surface area (Å²) in [5, 5.41) is 3.59. The molecule has 1 N–H and O–H groups in total. The van der Waals surface area contributed by atoms with Gasteiger partial charge >= 0.3 is 0 Å². The summed E-state index contributed by atoms with van der Waals surface area (Å²) in [5.74, 6) is 0. The van der Waals surface area contributed by atoms with E-state index in [2.05, 4.69) is 41.0 Å². The van der Waals surface area contributed by atoms with Crippen LogP contribution < -0.4 is 5.32 Å². The largest absolute Gasteiger partial charge is 0.313 e. The molecule has 1 aliphatic heterocycles. The zero-order chi connectivity index (χ0) is 13.7. The summed E-state index contributed by atoms with van der Waals surface area (Å²) in [5.41, 5.74) is 2.17. The second kappa shape index (κ2) is 6.96. The molecule has 1 aromatic rings. The molecule has 2 rings (SSSR count). The zero-order valence-corrected chi connectivity index (χ0v) is 12.4. The van der Waals surface area contributed by atoms with Crippen LogP contribution in [0.25, 0.3) is 0 Å². The molecule has 19 heavy (non-hydrogen) atoms. The highest BCUT2D eigenvalue weighted by molar-refractivity contribution is 5.12. The normalized spacial score (nSPS) is 20.9. The van der Waals surface area contributed by atoms with Crippen molar-refractivity contribution in [2.24, 2.45) is 0 Å².